The van der Waals surface area contributed by atoms with Gasteiger partial charge in [0.2, 0.25) is 0 Å². The number of benzene rings is 1. The zero-order valence-electron chi connectivity index (χ0n) is 15.1. The second-order valence-electron chi connectivity index (χ2n) is 7.12. The maximum atomic E-state index is 13.6. The van der Waals surface area contributed by atoms with Gasteiger partial charge >= 0.3 is 6.03 Å². The number of fused-ring (bicyclic) bond motifs is 1. The lowest BCUT2D eigenvalue weighted by Crippen LogP contribution is -2.58. The fourth-order valence-electron chi connectivity index (χ4n) is 3.69. The summed E-state index contributed by atoms with van der Waals surface area (Å²) < 4.78 is 33.1. The van der Waals surface area contributed by atoms with Gasteiger partial charge in [-0.25, -0.2) is 18.6 Å². The smallest absolute Gasteiger partial charge is 0.341 e. The van der Waals surface area contributed by atoms with E-state index in [0.29, 0.717) is 42.2 Å². The van der Waals surface area contributed by atoms with Gasteiger partial charge in [0, 0.05) is 36.2 Å². The molecule has 0 bridgehead atoms. The van der Waals surface area contributed by atoms with E-state index in [4.69, 9.17) is 4.74 Å². The van der Waals surface area contributed by atoms with E-state index in [-0.39, 0.29) is 18.0 Å². The first kappa shape index (κ1) is 18.0. The zero-order chi connectivity index (χ0) is 20.1. The minimum atomic E-state index is -0.687. The molecule has 0 radical (unpaired) electrons. The van der Waals surface area contributed by atoms with Gasteiger partial charge in [0.1, 0.15) is 17.7 Å². The van der Waals surface area contributed by atoms with Gasteiger partial charge in [0.05, 0.1) is 24.7 Å². The lowest BCUT2D eigenvalue weighted by atomic mass is 10.0. The van der Waals surface area contributed by atoms with Gasteiger partial charge in [-0.15, -0.1) is 11.3 Å². The van der Waals surface area contributed by atoms with E-state index >= 15 is 0 Å². The monoisotopic (exact) mass is 418 g/mol. The number of ether oxygens (including phenoxy) is 1. The molecule has 0 aliphatic carbocycles. The summed E-state index contributed by atoms with van der Waals surface area (Å²) >= 11 is 1.38. The molecule has 1 atom stereocenters. The topological polar surface area (TPSA) is 74.2 Å². The van der Waals surface area contributed by atoms with Gasteiger partial charge in [0.25, 0.3) is 5.91 Å². The standard InChI is InChI=1S/C19H16F2N4O3S/c20-11-3-10(4-12(21)5-11)16-1-2-23-25(16)19(27)24-7-13(8-24)28-18-14-6-22-17(26)15(14)9-29-18/h2-5,9,13,16H,1,6-8H2,(H,22,26). The second-order valence-corrected chi connectivity index (χ2v) is 7.96. The first-order valence-electron chi connectivity index (χ1n) is 9.11. The highest BCUT2D eigenvalue weighted by molar-refractivity contribution is 7.12. The molecule has 4 heterocycles. The molecule has 2 aromatic rings. The van der Waals surface area contributed by atoms with E-state index in [2.05, 4.69) is 10.4 Å². The fraction of sp³-hybridized carbons (Fsp3) is 0.316. The first-order chi connectivity index (χ1) is 14.0. The number of nitrogens with zero attached hydrogens (tertiary/aromatic N) is 3. The van der Waals surface area contributed by atoms with Crippen molar-refractivity contribution in [3.05, 3.63) is 51.9 Å². The van der Waals surface area contributed by atoms with Gasteiger partial charge < -0.3 is 15.0 Å². The summed E-state index contributed by atoms with van der Waals surface area (Å²) in [5.41, 5.74) is 1.88. The number of hydrogen-bond donors (Lipinski definition) is 1. The zero-order valence-corrected chi connectivity index (χ0v) is 15.9. The Morgan fingerprint density at radius 2 is 2.00 bits per heavy atom. The van der Waals surface area contributed by atoms with Crippen molar-refractivity contribution in [2.24, 2.45) is 5.10 Å². The Hall–Kier alpha value is -3.01. The number of urea groups is 1. The number of hydrogen-bond acceptors (Lipinski definition) is 5. The van der Waals surface area contributed by atoms with E-state index < -0.39 is 17.7 Å². The summed E-state index contributed by atoms with van der Waals surface area (Å²) in [6.45, 7) is 1.21. The van der Waals surface area contributed by atoms with Crippen LogP contribution >= 0.6 is 11.3 Å². The summed E-state index contributed by atoms with van der Waals surface area (Å²) in [7, 11) is 0. The normalized spacial score (nSPS) is 20.6. The van der Waals surface area contributed by atoms with E-state index in [0.717, 1.165) is 11.6 Å². The number of likely N-dealkylation sites (tertiary alicyclic amines) is 1. The van der Waals surface area contributed by atoms with E-state index in [1.165, 1.54) is 28.5 Å². The molecule has 3 aliphatic heterocycles. The average molecular weight is 418 g/mol. The number of nitrogens with one attached hydrogen (secondary N) is 1. The molecule has 5 rings (SSSR count). The highest BCUT2D eigenvalue weighted by Crippen LogP contribution is 2.36. The van der Waals surface area contributed by atoms with E-state index in [1.54, 1.807) is 16.5 Å². The Kier molecular flexibility index (Phi) is 4.23. The first-order valence-corrected chi connectivity index (χ1v) is 9.99. The summed E-state index contributed by atoms with van der Waals surface area (Å²) in [5, 5.41) is 10.6. The van der Waals surface area contributed by atoms with Crippen LogP contribution in [0, 0.1) is 11.6 Å². The van der Waals surface area contributed by atoms with Crippen LogP contribution in [0.2, 0.25) is 0 Å². The minimum Gasteiger partial charge on any atom is -0.477 e. The average Bonchev–Trinajstić information content (AvgIpc) is 3.35. The van der Waals surface area contributed by atoms with Crippen molar-refractivity contribution >= 4 is 29.5 Å². The van der Waals surface area contributed by atoms with Crippen LogP contribution in [-0.2, 0) is 6.54 Å². The Morgan fingerprint density at radius 3 is 2.76 bits per heavy atom. The predicted octanol–water partition coefficient (Wildman–Crippen LogP) is 2.89. The third-order valence-corrected chi connectivity index (χ3v) is 6.12. The summed E-state index contributed by atoms with van der Waals surface area (Å²) in [5.74, 6) is -1.47. The van der Waals surface area contributed by atoms with Gasteiger partial charge in [0.15, 0.2) is 5.06 Å². The van der Waals surface area contributed by atoms with Crippen molar-refractivity contribution < 1.29 is 23.1 Å². The number of halogens is 2. The number of amides is 3. The lowest BCUT2D eigenvalue weighted by Gasteiger charge is -2.40. The molecule has 150 valence electrons. The molecule has 0 spiro atoms. The van der Waals surface area contributed by atoms with Crippen molar-refractivity contribution in [3.63, 3.8) is 0 Å². The molecule has 29 heavy (non-hydrogen) atoms. The SMILES string of the molecule is O=C1NCc2c1csc2OC1CN(C(=O)N2N=CCC2c2cc(F)cc(F)c2)C1. The van der Waals surface area contributed by atoms with Crippen molar-refractivity contribution in [2.45, 2.75) is 25.1 Å². The lowest BCUT2D eigenvalue weighted by molar-refractivity contribution is 0.0293. The van der Waals surface area contributed by atoms with Crippen LogP contribution in [0.5, 0.6) is 5.06 Å². The number of hydrazone groups is 1. The van der Waals surface area contributed by atoms with Gasteiger partial charge in [-0.1, -0.05) is 0 Å². The van der Waals surface area contributed by atoms with E-state index in [1.807, 2.05) is 0 Å². The molecule has 3 aliphatic rings. The third kappa shape index (κ3) is 3.13. The number of thiophene rings is 1. The molecule has 0 saturated carbocycles. The van der Waals surface area contributed by atoms with Gasteiger partial charge in [-0.2, -0.15) is 5.10 Å². The largest absolute Gasteiger partial charge is 0.477 e. The van der Waals surface area contributed by atoms with Crippen LogP contribution in [0.15, 0.2) is 28.7 Å². The molecule has 1 N–H and O–H groups in total. The van der Waals surface area contributed by atoms with Crippen LogP contribution in [0.25, 0.3) is 0 Å². The summed E-state index contributed by atoms with van der Waals surface area (Å²) in [6.07, 6.45) is 1.79. The van der Waals surface area contributed by atoms with Crippen LogP contribution in [0.4, 0.5) is 13.6 Å². The van der Waals surface area contributed by atoms with Crippen LogP contribution in [0.3, 0.4) is 0 Å². The Labute approximate surface area is 168 Å². The molecule has 10 heteroatoms. The fourth-order valence-corrected chi connectivity index (χ4v) is 4.68. The quantitative estimate of drug-likeness (QED) is 0.833. The van der Waals surface area contributed by atoms with Crippen molar-refractivity contribution in [3.8, 4) is 5.06 Å². The Balaban J connectivity index is 1.22. The number of carbonyl (C=O) groups excluding carboxylic acids is 2. The van der Waals surface area contributed by atoms with Crippen molar-refractivity contribution in [2.75, 3.05) is 13.1 Å². The van der Waals surface area contributed by atoms with Crippen LogP contribution in [-0.4, -0.2) is 47.3 Å². The molecule has 3 amide bonds. The van der Waals surface area contributed by atoms with E-state index in [9.17, 15) is 18.4 Å². The van der Waals surface area contributed by atoms with Crippen molar-refractivity contribution in [1.82, 2.24) is 15.2 Å². The molecule has 1 aromatic heterocycles. The minimum absolute atomic E-state index is 0.0942. The highest BCUT2D eigenvalue weighted by atomic mass is 32.1. The van der Waals surface area contributed by atoms with Gasteiger partial charge in [-0.05, 0) is 17.7 Å². The number of carbonyl (C=O) groups is 2. The summed E-state index contributed by atoms with van der Waals surface area (Å²) in [4.78, 5) is 26.0. The Morgan fingerprint density at radius 1 is 1.24 bits per heavy atom. The third-order valence-electron chi connectivity index (χ3n) is 5.21. The highest BCUT2D eigenvalue weighted by Gasteiger charge is 2.39. The molecule has 1 fully saturated rings. The molecule has 1 aromatic carbocycles. The Bertz CT molecular complexity index is 1010. The molecule has 1 unspecified atom stereocenters. The molecule has 7 nitrogen and oxygen atoms in total. The second kappa shape index (κ2) is 6.80. The van der Waals surface area contributed by atoms with Crippen LogP contribution in [0.1, 0.15) is 33.9 Å². The molecule has 1 saturated heterocycles. The van der Waals surface area contributed by atoms with Gasteiger partial charge in [-0.3, -0.25) is 4.79 Å². The maximum Gasteiger partial charge on any atom is 0.341 e. The predicted molar refractivity (Wildman–Crippen MR) is 101 cm³/mol. The van der Waals surface area contributed by atoms with Crippen molar-refractivity contribution in [1.29, 1.82) is 0 Å². The van der Waals surface area contributed by atoms with Crippen LogP contribution < -0.4 is 10.1 Å². The molecular formula is C19H16F2N4O3S. The molecular weight excluding hydrogens is 402 g/mol. The maximum absolute atomic E-state index is 13.6. The number of rotatable bonds is 3. The summed E-state index contributed by atoms with van der Waals surface area (Å²) in [6, 6.07) is 2.37.